The fourth-order valence-electron chi connectivity index (χ4n) is 2.61. The van der Waals surface area contributed by atoms with Crippen LogP contribution in [0.4, 0.5) is 0 Å². The van der Waals surface area contributed by atoms with Gasteiger partial charge in [0.25, 0.3) is 0 Å². The Kier molecular flexibility index (Phi) is 1.52. The number of fused-ring (bicyclic) bond motifs is 1. The zero-order valence-electron chi connectivity index (χ0n) is 7.35. The van der Waals surface area contributed by atoms with Crippen molar-refractivity contribution in [2.75, 3.05) is 13.7 Å². The van der Waals surface area contributed by atoms with E-state index in [2.05, 4.69) is 6.92 Å². The lowest BCUT2D eigenvalue weighted by molar-refractivity contribution is -0.227. The molecule has 11 heavy (non-hydrogen) atoms. The second kappa shape index (κ2) is 2.20. The standard InChI is InChI=1S/C9H16O2/c1-8-4-3-5-9(8,10-2)11-7-6-8/h3-7H2,1-2H3/t8-,9-/m0/s1. The fourth-order valence-corrected chi connectivity index (χ4v) is 2.61. The molecule has 0 spiro atoms. The van der Waals surface area contributed by atoms with Crippen LogP contribution >= 0.6 is 0 Å². The number of hydrogen-bond donors (Lipinski definition) is 0. The van der Waals surface area contributed by atoms with E-state index in [1.165, 1.54) is 19.3 Å². The van der Waals surface area contributed by atoms with E-state index in [1.54, 1.807) is 7.11 Å². The van der Waals surface area contributed by atoms with Crippen LogP contribution in [0.25, 0.3) is 0 Å². The first-order valence-corrected chi connectivity index (χ1v) is 4.42. The van der Waals surface area contributed by atoms with Gasteiger partial charge in [-0.2, -0.15) is 0 Å². The van der Waals surface area contributed by atoms with Gasteiger partial charge in [0, 0.05) is 18.9 Å². The molecule has 0 aromatic heterocycles. The zero-order valence-corrected chi connectivity index (χ0v) is 7.35. The molecule has 1 heterocycles. The van der Waals surface area contributed by atoms with Crippen molar-refractivity contribution >= 4 is 0 Å². The summed E-state index contributed by atoms with van der Waals surface area (Å²) in [5.74, 6) is -0.215. The molecule has 0 amide bonds. The van der Waals surface area contributed by atoms with Crippen LogP contribution in [0, 0.1) is 5.41 Å². The van der Waals surface area contributed by atoms with Gasteiger partial charge in [0.05, 0.1) is 6.61 Å². The minimum absolute atomic E-state index is 0.215. The molecule has 0 aromatic carbocycles. The normalized spacial score (nSPS) is 49.6. The Morgan fingerprint density at radius 2 is 2.09 bits per heavy atom. The molecular formula is C9H16O2. The van der Waals surface area contributed by atoms with E-state index < -0.39 is 0 Å². The first kappa shape index (κ1) is 7.56. The van der Waals surface area contributed by atoms with Crippen molar-refractivity contribution in [1.29, 1.82) is 0 Å². The Labute approximate surface area is 67.9 Å². The number of rotatable bonds is 1. The third-order valence-electron chi connectivity index (χ3n) is 3.47. The highest BCUT2D eigenvalue weighted by atomic mass is 16.7. The van der Waals surface area contributed by atoms with Crippen LogP contribution in [0.2, 0.25) is 0 Å². The highest BCUT2D eigenvalue weighted by Crippen LogP contribution is 2.55. The maximum atomic E-state index is 5.69. The molecule has 2 heteroatoms. The van der Waals surface area contributed by atoms with Gasteiger partial charge in [-0.05, 0) is 19.3 Å². The largest absolute Gasteiger partial charge is 0.353 e. The van der Waals surface area contributed by atoms with Crippen LogP contribution in [-0.4, -0.2) is 19.5 Å². The third-order valence-corrected chi connectivity index (χ3v) is 3.47. The van der Waals surface area contributed by atoms with E-state index in [1.807, 2.05) is 0 Å². The lowest BCUT2D eigenvalue weighted by Crippen LogP contribution is -2.40. The molecule has 0 radical (unpaired) electrons. The van der Waals surface area contributed by atoms with Gasteiger partial charge in [-0.3, -0.25) is 0 Å². The van der Waals surface area contributed by atoms with Crippen LogP contribution in [0.5, 0.6) is 0 Å². The SMILES string of the molecule is CO[C@]12CCC[C@@]1(C)CCO2. The van der Waals surface area contributed by atoms with Crippen LogP contribution in [-0.2, 0) is 9.47 Å². The van der Waals surface area contributed by atoms with Crippen LogP contribution in [0.15, 0.2) is 0 Å². The Morgan fingerprint density at radius 3 is 2.73 bits per heavy atom. The van der Waals surface area contributed by atoms with E-state index in [0.717, 1.165) is 13.0 Å². The van der Waals surface area contributed by atoms with Gasteiger partial charge in [0.1, 0.15) is 0 Å². The van der Waals surface area contributed by atoms with Crippen molar-refractivity contribution in [2.24, 2.45) is 5.41 Å². The molecule has 0 bridgehead atoms. The molecule has 2 fully saturated rings. The number of methoxy groups -OCH3 is 1. The molecule has 2 aliphatic rings. The third kappa shape index (κ3) is 0.798. The summed E-state index contributed by atoms with van der Waals surface area (Å²) in [6.07, 6.45) is 4.77. The zero-order chi connectivity index (χ0) is 7.95. The van der Waals surface area contributed by atoms with Crippen molar-refractivity contribution in [3.05, 3.63) is 0 Å². The van der Waals surface area contributed by atoms with Crippen molar-refractivity contribution in [3.63, 3.8) is 0 Å². The second-order valence-corrected chi connectivity index (χ2v) is 3.97. The van der Waals surface area contributed by atoms with Crippen molar-refractivity contribution in [1.82, 2.24) is 0 Å². The molecule has 2 atom stereocenters. The van der Waals surface area contributed by atoms with Crippen molar-refractivity contribution in [2.45, 2.75) is 38.4 Å². The maximum absolute atomic E-state index is 5.69. The highest BCUT2D eigenvalue weighted by Gasteiger charge is 2.56. The highest BCUT2D eigenvalue weighted by molar-refractivity contribution is 4.99. The predicted molar refractivity (Wildman–Crippen MR) is 42.3 cm³/mol. The second-order valence-electron chi connectivity index (χ2n) is 3.97. The van der Waals surface area contributed by atoms with Gasteiger partial charge in [0.15, 0.2) is 5.79 Å². The van der Waals surface area contributed by atoms with E-state index in [0.29, 0.717) is 5.41 Å². The molecule has 1 aliphatic carbocycles. The van der Waals surface area contributed by atoms with E-state index in [-0.39, 0.29) is 5.79 Å². The molecule has 0 aromatic rings. The summed E-state index contributed by atoms with van der Waals surface area (Å²) in [7, 11) is 1.77. The summed E-state index contributed by atoms with van der Waals surface area (Å²) < 4.78 is 11.2. The predicted octanol–water partition coefficient (Wildman–Crippen LogP) is 1.94. The summed E-state index contributed by atoms with van der Waals surface area (Å²) in [5, 5.41) is 0. The van der Waals surface area contributed by atoms with Gasteiger partial charge in [-0.25, -0.2) is 0 Å². The molecular weight excluding hydrogens is 140 g/mol. The number of hydrogen-bond acceptors (Lipinski definition) is 2. The van der Waals surface area contributed by atoms with E-state index >= 15 is 0 Å². The Hall–Kier alpha value is -0.0800. The lowest BCUT2D eigenvalue weighted by Gasteiger charge is -2.34. The summed E-state index contributed by atoms with van der Waals surface area (Å²) in [5.41, 5.74) is 0.307. The molecule has 1 aliphatic heterocycles. The van der Waals surface area contributed by atoms with Gasteiger partial charge in [-0.15, -0.1) is 0 Å². The number of ether oxygens (including phenoxy) is 2. The molecule has 0 unspecified atom stereocenters. The Bertz CT molecular complexity index is 155. The molecule has 2 rings (SSSR count). The molecule has 1 saturated carbocycles. The average molecular weight is 156 g/mol. The van der Waals surface area contributed by atoms with Gasteiger partial charge >= 0.3 is 0 Å². The van der Waals surface area contributed by atoms with Crippen LogP contribution < -0.4 is 0 Å². The lowest BCUT2D eigenvalue weighted by atomic mass is 9.83. The Morgan fingerprint density at radius 1 is 1.27 bits per heavy atom. The fraction of sp³-hybridized carbons (Fsp3) is 1.00. The molecule has 2 nitrogen and oxygen atoms in total. The molecule has 0 N–H and O–H groups in total. The van der Waals surface area contributed by atoms with Crippen molar-refractivity contribution < 1.29 is 9.47 Å². The topological polar surface area (TPSA) is 18.5 Å². The van der Waals surface area contributed by atoms with E-state index in [9.17, 15) is 0 Å². The van der Waals surface area contributed by atoms with Gasteiger partial charge < -0.3 is 9.47 Å². The van der Waals surface area contributed by atoms with Crippen molar-refractivity contribution in [3.8, 4) is 0 Å². The molecule has 1 saturated heterocycles. The summed E-state index contributed by atoms with van der Waals surface area (Å²) >= 11 is 0. The average Bonchev–Trinajstić information content (AvgIpc) is 2.41. The smallest absolute Gasteiger partial charge is 0.173 e. The maximum Gasteiger partial charge on any atom is 0.173 e. The van der Waals surface area contributed by atoms with Crippen LogP contribution in [0.3, 0.4) is 0 Å². The van der Waals surface area contributed by atoms with Crippen LogP contribution in [0.1, 0.15) is 32.6 Å². The summed E-state index contributed by atoms with van der Waals surface area (Å²) in [4.78, 5) is 0. The van der Waals surface area contributed by atoms with Gasteiger partial charge in [-0.1, -0.05) is 6.92 Å². The first-order chi connectivity index (χ1) is 5.22. The van der Waals surface area contributed by atoms with Gasteiger partial charge in [0.2, 0.25) is 0 Å². The minimum Gasteiger partial charge on any atom is -0.353 e. The minimum atomic E-state index is -0.215. The summed E-state index contributed by atoms with van der Waals surface area (Å²) in [6.45, 7) is 3.17. The summed E-state index contributed by atoms with van der Waals surface area (Å²) in [6, 6.07) is 0. The first-order valence-electron chi connectivity index (χ1n) is 4.42. The monoisotopic (exact) mass is 156 g/mol. The Balaban J connectivity index is 2.28. The molecule has 64 valence electrons. The van der Waals surface area contributed by atoms with E-state index in [4.69, 9.17) is 9.47 Å². The quantitative estimate of drug-likeness (QED) is 0.577.